The molecule has 0 aliphatic heterocycles. The minimum Gasteiger partial charge on any atom is -0.491 e. The topological polar surface area (TPSA) is 75.6 Å². The fourth-order valence-electron chi connectivity index (χ4n) is 2.99. The molecule has 0 radical (unpaired) electrons. The lowest BCUT2D eigenvalue weighted by Crippen LogP contribution is -2.38. The molecule has 158 valence electrons. The van der Waals surface area contributed by atoms with Crippen LogP contribution in [0.2, 0.25) is 0 Å². The van der Waals surface area contributed by atoms with Crippen molar-refractivity contribution in [2.75, 3.05) is 13.2 Å². The van der Waals surface area contributed by atoms with Crippen molar-refractivity contribution in [3.05, 3.63) is 84.2 Å². The number of aliphatic hydroxyl groups is 1. The van der Waals surface area contributed by atoms with Crippen molar-refractivity contribution >= 4 is 10.0 Å². The predicted molar refractivity (Wildman–Crippen MR) is 114 cm³/mol. The van der Waals surface area contributed by atoms with Crippen LogP contribution < -0.4 is 9.46 Å². The molecule has 0 aliphatic rings. The molecule has 0 aliphatic carbocycles. The molecule has 0 spiro atoms. The van der Waals surface area contributed by atoms with Crippen LogP contribution in [0.3, 0.4) is 0 Å². The number of halogens is 1. The van der Waals surface area contributed by atoms with E-state index in [1.54, 1.807) is 19.1 Å². The third-order valence-electron chi connectivity index (χ3n) is 4.73. The molecule has 2 N–H and O–H groups in total. The molecule has 30 heavy (non-hydrogen) atoms. The Morgan fingerprint density at radius 2 is 1.63 bits per heavy atom. The molecule has 0 fully saturated rings. The van der Waals surface area contributed by atoms with Crippen LogP contribution in [-0.4, -0.2) is 26.7 Å². The van der Waals surface area contributed by atoms with Crippen LogP contribution in [0.4, 0.5) is 4.39 Å². The molecular formula is C23H24FNO4S. The number of sulfonamides is 1. The molecule has 0 aromatic heterocycles. The Kier molecular flexibility index (Phi) is 6.55. The second kappa shape index (κ2) is 8.95. The van der Waals surface area contributed by atoms with E-state index in [0.717, 1.165) is 17.2 Å². The van der Waals surface area contributed by atoms with Crippen molar-refractivity contribution in [2.45, 2.75) is 24.3 Å². The van der Waals surface area contributed by atoms with Gasteiger partial charge < -0.3 is 9.84 Å². The minimum atomic E-state index is -4.01. The first-order valence-corrected chi connectivity index (χ1v) is 11.0. The van der Waals surface area contributed by atoms with Gasteiger partial charge >= 0.3 is 0 Å². The number of rotatable bonds is 8. The van der Waals surface area contributed by atoms with Gasteiger partial charge in [-0.3, -0.25) is 0 Å². The molecule has 3 aromatic carbocycles. The molecule has 5 nitrogen and oxygen atoms in total. The predicted octanol–water partition coefficient (Wildman–Crippen LogP) is 4.08. The van der Waals surface area contributed by atoms with E-state index in [1.807, 2.05) is 42.5 Å². The van der Waals surface area contributed by atoms with Gasteiger partial charge in [-0.2, -0.15) is 0 Å². The molecule has 1 unspecified atom stereocenters. The molecule has 0 heterocycles. The average Bonchev–Trinajstić information content (AvgIpc) is 2.75. The minimum absolute atomic E-state index is 0.0121. The van der Waals surface area contributed by atoms with Crippen LogP contribution in [0, 0.1) is 5.82 Å². The van der Waals surface area contributed by atoms with E-state index in [-0.39, 0.29) is 23.8 Å². The highest BCUT2D eigenvalue weighted by Crippen LogP contribution is 2.26. The molecular weight excluding hydrogens is 405 g/mol. The summed E-state index contributed by atoms with van der Waals surface area (Å²) < 4.78 is 46.5. The summed E-state index contributed by atoms with van der Waals surface area (Å²) in [6, 6.07) is 20.5. The van der Waals surface area contributed by atoms with Gasteiger partial charge in [0.1, 0.15) is 5.60 Å². The number of hydrogen-bond donors (Lipinski definition) is 2. The molecule has 7 heteroatoms. The number of nitrogens with one attached hydrogen (secondary N) is 1. The largest absolute Gasteiger partial charge is 0.491 e. The lowest BCUT2D eigenvalue weighted by Gasteiger charge is -2.24. The summed E-state index contributed by atoms with van der Waals surface area (Å²) in [7, 11) is -4.01. The second-order valence-corrected chi connectivity index (χ2v) is 8.83. The maximum atomic E-state index is 14.0. The molecule has 0 saturated heterocycles. The fraction of sp³-hybridized carbons (Fsp3) is 0.217. The Balaban J connectivity index is 1.73. The van der Waals surface area contributed by atoms with E-state index < -0.39 is 21.4 Å². The molecule has 1 atom stereocenters. The van der Waals surface area contributed by atoms with E-state index in [4.69, 9.17) is 4.74 Å². The number of benzene rings is 3. The van der Waals surface area contributed by atoms with Crippen LogP contribution in [-0.2, 0) is 15.6 Å². The van der Waals surface area contributed by atoms with E-state index >= 15 is 0 Å². The van der Waals surface area contributed by atoms with Crippen molar-refractivity contribution in [2.24, 2.45) is 0 Å². The van der Waals surface area contributed by atoms with E-state index in [9.17, 15) is 17.9 Å². The summed E-state index contributed by atoms with van der Waals surface area (Å²) in [6.07, 6.45) is 0. The third kappa shape index (κ3) is 5.05. The highest BCUT2D eigenvalue weighted by molar-refractivity contribution is 7.89. The zero-order valence-corrected chi connectivity index (χ0v) is 17.6. The van der Waals surface area contributed by atoms with Crippen LogP contribution in [0.25, 0.3) is 11.1 Å². The first kappa shape index (κ1) is 22.0. The smallest absolute Gasteiger partial charge is 0.240 e. The van der Waals surface area contributed by atoms with Gasteiger partial charge in [0.15, 0.2) is 11.6 Å². The maximum absolute atomic E-state index is 14.0. The monoisotopic (exact) mass is 429 g/mol. The van der Waals surface area contributed by atoms with Crippen molar-refractivity contribution in [1.82, 2.24) is 4.72 Å². The Bertz CT molecular complexity index is 1100. The number of ether oxygens (including phenoxy) is 1. The molecule has 0 bridgehead atoms. The van der Waals surface area contributed by atoms with Crippen LogP contribution in [0.1, 0.15) is 19.4 Å². The number of hydrogen-bond acceptors (Lipinski definition) is 4. The van der Waals surface area contributed by atoms with Gasteiger partial charge in [0.2, 0.25) is 10.0 Å². The van der Waals surface area contributed by atoms with Crippen LogP contribution in [0.5, 0.6) is 5.75 Å². The fourth-order valence-corrected chi connectivity index (χ4v) is 4.14. The quantitative estimate of drug-likeness (QED) is 0.566. The molecule has 3 aromatic rings. The molecule has 3 rings (SSSR count). The summed E-state index contributed by atoms with van der Waals surface area (Å²) >= 11 is 0. The lowest BCUT2D eigenvalue weighted by molar-refractivity contribution is 0.0627. The SMILES string of the molecule is CCOc1ccc(S(=O)(=O)NCC(C)(O)c2ccc(-c3ccccc3)cc2)cc1F. The van der Waals surface area contributed by atoms with E-state index in [1.165, 1.54) is 19.1 Å². The zero-order valence-electron chi connectivity index (χ0n) is 16.8. The van der Waals surface area contributed by atoms with Crippen LogP contribution in [0.15, 0.2) is 77.7 Å². The summed E-state index contributed by atoms with van der Waals surface area (Å²) in [4.78, 5) is -0.237. The highest BCUT2D eigenvalue weighted by Gasteiger charge is 2.27. The summed E-state index contributed by atoms with van der Waals surface area (Å²) in [6.45, 7) is 3.23. The van der Waals surface area contributed by atoms with Crippen molar-refractivity contribution < 1.29 is 22.7 Å². The Labute approximate surface area is 176 Å². The maximum Gasteiger partial charge on any atom is 0.240 e. The second-order valence-electron chi connectivity index (χ2n) is 7.07. The molecule has 0 amide bonds. The summed E-state index contributed by atoms with van der Waals surface area (Å²) in [5.41, 5.74) is 1.14. The summed E-state index contributed by atoms with van der Waals surface area (Å²) in [5, 5.41) is 10.8. The van der Waals surface area contributed by atoms with Crippen molar-refractivity contribution in [1.29, 1.82) is 0 Å². The Morgan fingerprint density at radius 1 is 1.00 bits per heavy atom. The molecule has 0 saturated carbocycles. The first-order chi connectivity index (χ1) is 14.2. The standard InChI is InChI=1S/C23H24FNO4S/c1-3-29-22-14-13-20(15-21(22)24)30(27,28)25-16-23(2,26)19-11-9-18(10-12-19)17-7-5-4-6-8-17/h4-15,25-26H,3,16H2,1-2H3. The normalized spacial score (nSPS) is 13.6. The highest BCUT2D eigenvalue weighted by atomic mass is 32.2. The van der Waals surface area contributed by atoms with Gasteiger partial charge in [0.05, 0.1) is 11.5 Å². The summed E-state index contributed by atoms with van der Waals surface area (Å²) in [5.74, 6) is -0.773. The van der Waals surface area contributed by atoms with Gasteiger partial charge in [0, 0.05) is 6.54 Å². The zero-order chi connectivity index (χ0) is 21.8. The van der Waals surface area contributed by atoms with Crippen molar-refractivity contribution in [3.63, 3.8) is 0 Å². The van der Waals surface area contributed by atoms with E-state index in [0.29, 0.717) is 5.56 Å². The van der Waals surface area contributed by atoms with Gasteiger partial charge in [-0.1, -0.05) is 54.6 Å². The van der Waals surface area contributed by atoms with E-state index in [2.05, 4.69) is 4.72 Å². The Morgan fingerprint density at radius 3 is 2.23 bits per heavy atom. The van der Waals surface area contributed by atoms with Gasteiger partial charge in [-0.05, 0) is 48.7 Å². The lowest BCUT2D eigenvalue weighted by atomic mass is 9.94. The van der Waals surface area contributed by atoms with Gasteiger partial charge in [-0.25, -0.2) is 17.5 Å². The van der Waals surface area contributed by atoms with Crippen molar-refractivity contribution in [3.8, 4) is 16.9 Å². The van der Waals surface area contributed by atoms with Gasteiger partial charge in [0.25, 0.3) is 0 Å². The Hall–Kier alpha value is -2.74. The average molecular weight is 430 g/mol. The first-order valence-electron chi connectivity index (χ1n) is 9.53. The third-order valence-corrected chi connectivity index (χ3v) is 6.13. The van der Waals surface area contributed by atoms with Crippen LogP contribution >= 0.6 is 0 Å². The van der Waals surface area contributed by atoms with Gasteiger partial charge in [-0.15, -0.1) is 0 Å².